The molecule has 0 heterocycles. The number of carboxylic acids is 2. The third kappa shape index (κ3) is 15.8. The minimum Gasteiger partial charge on any atom is -0.480 e. The number of thioether (sulfide) groups is 1. The first-order chi connectivity index (χ1) is 22.5. The molecule has 262 valence electrons. The predicted molar refractivity (Wildman–Crippen MR) is 186 cm³/mol. The molecule has 2 aromatic carbocycles. The maximum absolute atomic E-state index is 13.2. The minimum absolute atomic E-state index is 0.000116. The van der Waals surface area contributed by atoms with E-state index in [-0.39, 0.29) is 54.4 Å². The van der Waals surface area contributed by atoms with Gasteiger partial charge in [0.1, 0.15) is 18.1 Å². The number of benzene rings is 2. The second kappa shape index (κ2) is 19.3. The van der Waals surface area contributed by atoms with Gasteiger partial charge in [-0.15, -0.1) is 0 Å². The van der Waals surface area contributed by atoms with E-state index in [4.69, 9.17) is 0 Å². The lowest BCUT2D eigenvalue weighted by molar-refractivity contribution is -0.142. The van der Waals surface area contributed by atoms with Crippen LogP contribution in [0.25, 0.3) is 0 Å². The summed E-state index contributed by atoms with van der Waals surface area (Å²) in [6.45, 7) is 9.34. The van der Waals surface area contributed by atoms with Gasteiger partial charge >= 0.3 is 18.0 Å². The van der Waals surface area contributed by atoms with Gasteiger partial charge in [0, 0.05) is 23.5 Å². The molecule has 0 aliphatic heterocycles. The Hall–Kier alpha value is -4.59. The van der Waals surface area contributed by atoms with Crippen molar-refractivity contribution in [3.05, 3.63) is 60.2 Å². The number of carboxylic acid groups (broad SMARTS) is 2. The molecular weight excluding hydrogens is 638 g/mol. The fourth-order valence-corrected chi connectivity index (χ4v) is 5.52. The summed E-state index contributed by atoms with van der Waals surface area (Å²) >= 11 is 1.15. The molecule has 3 atom stereocenters. The molecule has 13 nitrogen and oxygen atoms in total. The van der Waals surface area contributed by atoms with Gasteiger partial charge in [0.2, 0.25) is 17.7 Å². The molecule has 2 aromatic rings. The fourth-order valence-electron chi connectivity index (χ4n) is 4.49. The average Bonchev–Trinajstić information content (AvgIpc) is 2.97. The second-order valence-corrected chi connectivity index (χ2v) is 14.2. The van der Waals surface area contributed by atoms with E-state index >= 15 is 0 Å². The summed E-state index contributed by atoms with van der Waals surface area (Å²) in [5, 5.41) is 32.4. The van der Waals surface area contributed by atoms with Crippen LogP contribution < -0.4 is 26.6 Å². The SMILES string of the molecule is CC(C)C[C@H](NC(=O)Cc1ccc(NC(=O)Nc2ccccc2)cc1)C(=O)N[C@@H](CCSC[C@@H](NC(=O)CC(C)(C)C)C(=O)O)C(=O)O. The second-order valence-electron chi connectivity index (χ2n) is 13.0. The number of urea groups is 1. The summed E-state index contributed by atoms with van der Waals surface area (Å²) in [5.74, 6) is -3.69. The summed E-state index contributed by atoms with van der Waals surface area (Å²) in [6.07, 6.45) is 0.378. The Bertz CT molecular complexity index is 1400. The van der Waals surface area contributed by atoms with E-state index in [1.807, 2.05) is 40.7 Å². The van der Waals surface area contributed by atoms with Crippen LogP contribution in [-0.4, -0.2) is 75.5 Å². The number of anilines is 2. The lowest BCUT2D eigenvalue weighted by Gasteiger charge is -2.23. The minimum atomic E-state index is -1.27. The van der Waals surface area contributed by atoms with Gasteiger partial charge in [-0.2, -0.15) is 11.8 Å². The number of amides is 5. The van der Waals surface area contributed by atoms with Gasteiger partial charge < -0.3 is 36.8 Å². The molecule has 0 aromatic heterocycles. The molecule has 14 heteroatoms. The van der Waals surface area contributed by atoms with Crippen LogP contribution in [0, 0.1) is 11.3 Å². The Morgan fingerprint density at radius 2 is 1.29 bits per heavy atom. The van der Waals surface area contributed by atoms with Crippen molar-refractivity contribution >= 4 is 58.8 Å². The highest BCUT2D eigenvalue weighted by molar-refractivity contribution is 7.99. The van der Waals surface area contributed by atoms with E-state index < -0.39 is 47.9 Å². The molecule has 0 bridgehead atoms. The zero-order valence-electron chi connectivity index (χ0n) is 28.0. The topological polar surface area (TPSA) is 203 Å². The molecule has 5 amide bonds. The van der Waals surface area contributed by atoms with E-state index in [2.05, 4.69) is 26.6 Å². The highest BCUT2D eigenvalue weighted by Crippen LogP contribution is 2.18. The largest absolute Gasteiger partial charge is 0.480 e. The summed E-state index contributed by atoms with van der Waals surface area (Å²) in [4.78, 5) is 74.1. The first-order valence-electron chi connectivity index (χ1n) is 15.7. The summed E-state index contributed by atoms with van der Waals surface area (Å²) < 4.78 is 0. The van der Waals surface area contributed by atoms with Gasteiger partial charge in [-0.25, -0.2) is 14.4 Å². The zero-order chi connectivity index (χ0) is 35.9. The van der Waals surface area contributed by atoms with E-state index in [9.17, 15) is 39.0 Å². The van der Waals surface area contributed by atoms with Gasteiger partial charge in [0.25, 0.3) is 0 Å². The van der Waals surface area contributed by atoms with Crippen molar-refractivity contribution in [2.45, 2.75) is 78.4 Å². The van der Waals surface area contributed by atoms with Crippen LogP contribution in [0.15, 0.2) is 54.6 Å². The van der Waals surface area contributed by atoms with Crippen molar-refractivity contribution in [1.29, 1.82) is 0 Å². The smallest absolute Gasteiger partial charge is 0.327 e. The Kier molecular flexibility index (Phi) is 15.9. The molecule has 0 aliphatic carbocycles. The molecule has 0 unspecified atom stereocenters. The Labute approximate surface area is 285 Å². The molecule has 7 N–H and O–H groups in total. The quantitative estimate of drug-likeness (QED) is 0.113. The third-order valence-corrected chi connectivity index (χ3v) is 7.83. The molecule has 0 fully saturated rings. The molecule has 0 aliphatic rings. The third-order valence-electron chi connectivity index (χ3n) is 6.74. The van der Waals surface area contributed by atoms with Crippen molar-refractivity contribution in [3.63, 3.8) is 0 Å². The Morgan fingerprint density at radius 1 is 0.729 bits per heavy atom. The summed E-state index contributed by atoms with van der Waals surface area (Å²) in [7, 11) is 0. The number of rotatable bonds is 18. The molecule has 0 radical (unpaired) electrons. The molecular formula is C34H47N5O8S. The Balaban J connectivity index is 1.90. The maximum Gasteiger partial charge on any atom is 0.327 e. The number of hydrogen-bond donors (Lipinski definition) is 7. The van der Waals surface area contributed by atoms with Gasteiger partial charge in [-0.05, 0) is 59.8 Å². The van der Waals surface area contributed by atoms with Crippen molar-refractivity contribution in [1.82, 2.24) is 16.0 Å². The van der Waals surface area contributed by atoms with Crippen molar-refractivity contribution < 1.29 is 39.0 Å². The van der Waals surface area contributed by atoms with E-state index in [0.29, 0.717) is 16.9 Å². The summed E-state index contributed by atoms with van der Waals surface area (Å²) in [5.41, 5.74) is 1.48. The fraction of sp³-hybridized carbons (Fsp3) is 0.471. The van der Waals surface area contributed by atoms with Gasteiger partial charge in [-0.3, -0.25) is 14.4 Å². The van der Waals surface area contributed by atoms with Gasteiger partial charge in [0.15, 0.2) is 0 Å². The highest BCUT2D eigenvalue weighted by Gasteiger charge is 2.28. The first kappa shape index (κ1) is 39.6. The normalized spacial score (nSPS) is 13.0. The molecule has 0 saturated carbocycles. The number of nitrogens with one attached hydrogen (secondary N) is 5. The predicted octanol–water partition coefficient (Wildman–Crippen LogP) is 4.10. The lowest BCUT2D eigenvalue weighted by atomic mass is 9.92. The van der Waals surface area contributed by atoms with Crippen LogP contribution in [0.5, 0.6) is 0 Å². The number of hydrogen-bond acceptors (Lipinski definition) is 7. The van der Waals surface area contributed by atoms with E-state index in [1.54, 1.807) is 48.5 Å². The first-order valence-corrected chi connectivity index (χ1v) is 16.8. The van der Waals surface area contributed by atoms with Crippen LogP contribution >= 0.6 is 11.8 Å². The van der Waals surface area contributed by atoms with Crippen molar-refractivity contribution in [2.75, 3.05) is 22.1 Å². The van der Waals surface area contributed by atoms with E-state index in [1.165, 1.54) is 0 Å². The number of aliphatic carboxylic acids is 2. The molecule has 0 saturated heterocycles. The van der Waals surface area contributed by atoms with Crippen LogP contribution in [-0.2, 0) is 30.4 Å². The van der Waals surface area contributed by atoms with Crippen LogP contribution in [0.4, 0.5) is 16.2 Å². The summed E-state index contributed by atoms with van der Waals surface area (Å²) in [6, 6.07) is 11.8. The standard InChI is InChI=1S/C34H47N5O8S/c1-21(2)17-26(37-28(40)18-22-11-13-24(14-12-22)36-33(47)35-23-9-7-6-8-10-23)30(42)39-25(31(43)44)15-16-48-20-27(32(45)46)38-29(41)19-34(3,4)5/h6-14,21,25-27H,15-20H2,1-5H3,(H,37,40)(H,38,41)(H,39,42)(H,43,44)(H,45,46)(H2,35,36,47)/t25-,26-,27+/m0/s1. The number of carbonyl (C=O) groups is 6. The lowest BCUT2D eigenvalue weighted by Crippen LogP contribution is -2.52. The molecule has 0 spiro atoms. The zero-order valence-corrected chi connectivity index (χ0v) is 28.8. The van der Waals surface area contributed by atoms with Gasteiger partial charge in [0.05, 0.1) is 6.42 Å². The van der Waals surface area contributed by atoms with Crippen LogP contribution in [0.2, 0.25) is 0 Å². The van der Waals surface area contributed by atoms with E-state index in [0.717, 1.165) is 11.8 Å². The molecule has 2 rings (SSSR count). The molecule has 48 heavy (non-hydrogen) atoms. The Morgan fingerprint density at radius 3 is 1.83 bits per heavy atom. The number of para-hydroxylation sites is 1. The highest BCUT2D eigenvalue weighted by atomic mass is 32.2. The monoisotopic (exact) mass is 685 g/mol. The maximum atomic E-state index is 13.2. The van der Waals surface area contributed by atoms with Crippen LogP contribution in [0.3, 0.4) is 0 Å². The average molecular weight is 686 g/mol. The van der Waals surface area contributed by atoms with Gasteiger partial charge in [-0.1, -0.05) is 65.0 Å². The number of carbonyl (C=O) groups excluding carboxylic acids is 4. The van der Waals surface area contributed by atoms with Crippen LogP contribution in [0.1, 0.15) is 59.4 Å². The van der Waals surface area contributed by atoms with Crippen molar-refractivity contribution in [2.24, 2.45) is 11.3 Å². The van der Waals surface area contributed by atoms with Crippen molar-refractivity contribution in [3.8, 4) is 0 Å².